The Labute approximate surface area is 154 Å². The van der Waals surface area contributed by atoms with Crippen LogP contribution in [0.1, 0.15) is 5.56 Å². The van der Waals surface area contributed by atoms with Crippen LogP contribution in [0.3, 0.4) is 0 Å². The fraction of sp³-hybridized carbons (Fsp3) is 0.105. The number of amides is 1. The third-order valence-corrected chi connectivity index (χ3v) is 3.69. The predicted molar refractivity (Wildman–Crippen MR) is 98.5 cm³/mol. The summed E-state index contributed by atoms with van der Waals surface area (Å²) in [6.45, 7) is -0.549. The molecule has 0 spiro atoms. The molecule has 0 aliphatic carbocycles. The third kappa shape index (κ3) is 5.90. The van der Waals surface area contributed by atoms with Gasteiger partial charge in [-0.15, -0.1) is 0 Å². The number of ether oxygens (including phenoxy) is 1. The number of hydrogen-bond acceptors (Lipinski definition) is 4. The Morgan fingerprint density at radius 2 is 1.92 bits per heavy atom. The van der Waals surface area contributed by atoms with E-state index in [1.807, 2.05) is 36.4 Å². The molecular weight excluding hydrogens is 384 g/mol. The lowest BCUT2D eigenvalue weighted by Gasteiger charge is -2.19. The van der Waals surface area contributed by atoms with E-state index in [1.165, 1.54) is 11.0 Å². The van der Waals surface area contributed by atoms with E-state index in [4.69, 9.17) is 10.00 Å². The fourth-order valence-corrected chi connectivity index (χ4v) is 2.45. The summed E-state index contributed by atoms with van der Waals surface area (Å²) in [5.41, 5.74) is 1.41. The quantitative estimate of drug-likeness (QED) is 0.423. The van der Waals surface area contributed by atoms with Crippen molar-refractivity contribution < 1.29 is 14.3 Å². The van der Waals surface area contributed by atoms with Gasteiger partial charge in [0.25, 0.3) is 5.91 Å². The van der Waals surface area contributed by atoms with Gasteiger partial charge in [-0.05, 0) is 35.9 Å². The zero-order valence-electron chi connectivity index (χ0n) is 13.3. The fourth-order valence-electron chi connectivity index (χ4n) is 2.04. The highest BCUT2D eigenvalue weighted by Crippen LogP contribution is 2.14. The summed E-state index contributed by atoms with van der Waals surface area (Å²) in [5, 5.41) is 8.89. The number of nitrogens with zero attached hydrogens (tertiary/aromatic N) is 2. The van der Waals surface area contributed by atoms with Gasteiger partial charge >= 0.3 is 5.97 Å². The summed E-state index contributed by atoms with van der Waals surface area (Å²) in [6.07, 6.45) is 2.86. The van der Waals surface area contributed by atoms with Crippen LogP contribution in [0.5, 0.6) is 0 Å². The highest BCUT2D eigenvalue weighted by molar-refractivity contribution is 9.10. The summed E-state index contributed by atoms with van der Waals surface area (Å²) < 4.78 is 5.86. The highest BCUT2D eigenvalue weighted by atomic mass is 79.9. The number of carbonyl (C=O) groups excluding carboxylic acids is 2. The number of rotatable bonds is 6. The van der Waals surface area contributed by atoms with E-state index in [2.05, 4.69) is 15.9 Å². The molecule has 0 aliphatic heterocycles. The van der Waals surface area contributed by atoms with E-state index in [1.54, 1.807) is 30.3 Å². The molecule has 2 rings (SSSR count). The van der Waals surface area contributed by atoms with Crippen LogP contribution in [-0.4, -0.2) is 25.0 Å². The van der Waals surface area contributed by atoms with Crippen LogP contribution in [-0.2, 0) is 14.3 Å². The maximum absolute atomic E-state index is 12.2. The molecule has 5 nitrogen and oxygen atoms in total. The molecule has 0 saturated heterocycles. The number of para-hydroxylation sites is 1. The van der Waals surface area contributed by atoms with Crippen LogP contribution in [0.25, 0.3) is 6.08 Å². The molecule has 0 N–H and O–H groups in total. The van der Waals surface area contributed by atoms with Crippen molar-refractivity contribution in [2.24, 2.45) is 0 Å². The van der Waals surface area contributed by atoms with Crippen molar-refractivity contribution >= 4 is 39.6 Å². The summed E-state index contributed by atoms with van der Waals surface area (Å²) in [4.78, 5) is 25.3. The minimum Gasteiger partial charge on any atom is -0.452 e. The molecule has 0 saturated carbocycles. The molecule has 1 amide bonds. The van der Waals surface area contributed by atoms with Gasteiger partial charge in [0.2, 0.25) is 0 Å². The molecule has 0 fully saturated rings. The van der Waals surface area contributed by atoms with Crippen molar-refractivity contribution in [2.45, 2.75) is 0 Å². The standard InChI is InChI=1S/C19H15BrN2O3/c20-16-6-4-5-15(13-16)9-10-19(24)25-14-18(23)22(12-11-21)17-7-2-1-3-8-17/h1-10,13H,12,14H2/b10-9+. The lowest BCUT2D eigenvalue weighted by atomic mass is 10.2. The number of nitriles is 1. The number of benzene rings is 2. The van der Waals surface area contributed by atoms with Crippen molar-refractivity contribution in [1.29, 1.82) is 5.26 Å². The van der Waals surface area contributed by atoms with E-state index in [9.17, 15) is 9.59 Å². The van der Waals surface area contributed by atoms with Crippen LogP contribution < -0.4 is 4.90 Å². The predicted octanol–water partition coefficient (Wildman–Crippen LogP) is 3.56. The van der Waals surface area contributed by atoms with Crippen LogP contribution in [0, 0.1) is 11.3 Å². The molecule has 0 heterocycles. The molecule has 0 aromatic heterocycles. The zero-order valence-corrected chi connectivity index (χ0v) is 14.8. The Kier molecular flexibility index (Phi) is 6.93. The van der Waals surface area contributed by atoms with Gasteiger partial charge in [0.1, 0.15) is 6.54 Å². The second kappa shape index (κ2) is 9.40. The average Bonchev–Trinajstić information content (AvgIpc) is 2.63. The van der Waals surface area contributed by atoms with E-state index in [0.29, 0.717) is 5.69 Å². The second-order valence-corrected chi connectivity index (χ2v) is 5.89. The molecule has 0 atom stereocenters. The second-order valence-electron chi connectivity index (χ2n) is 4.97. The van der Waals surface area contributed by atoms with E-state index in [-0.39, 0.29) is 6.54 Å². The average molecular weight is 399 g/mol. The molecule has 0 unspecified atom stereocenters. The first-order chi connectivity index (χ1) is 12.1. The number of anilines is 1. The maximum atomic E-state index is 12.2. The van der Waals surface area contributed by atoms with Gasteiger partial charge in [-0.2, -0.15) is 5.26 Å². The first-order valence-corrected chi connectivity index (χ1v) is 8.22. The van der Waals surface area contributed by atoms with Gasteiger partial charge in [0.05, 0.1) is 6.07 Å². The van der Waals surface area contributed by atoms with Gasteiger partial charge < -0.3 is 4.74 Å². The number of hydrogen-bond donors (Lipinski definition) is 0. The van der Waals surface area contributed by atoms with E-state index >= 15 is 0 Å². The Morgan fingerprint density at radius 1 is 1.16 bits per heavy atom. The lowest BCUT2D eigenvalue weighted by Crippen LogP contribution is -2.34. The topological polar surface area (TPSA) is 70.4 Å². The maximum Gasteiger partial charge on any atom is 0.331 e. The molecule has 0 aliphatic rings. The van der Waals surface area contributed by atoms with Crippen molar-refractivity contribution in [1.82, 2.24) is 0 Å². The van der Waals surface area contributed by atoms with Crippen molar-refractivity contribution in [3.8, 4) is 6.07 Å². The summed E-state index contributed by atoms with van der Waals surface area (Å²) >= 11 is 3.35. The molecule has 6 heteroatoms. The third-order valence-electron chi connectivity index (χ3n) is 3.20. The first kappa shape index (κ1) is 18.4. The monoisotopic (exact) mass is 398 g/mol. The lowest BCUT2D eigenvalue weighted by molar-refractivity contribution is -0.142. The van der Waals surface area contributed by atoms with Crippen molar-refractivity contribution in [2.75, 3.05) is 18.1 Å². The zero-order chi connectivity index (χ0) is 18.1. The van der Waals surface area contributed by atoms with Gasteiger partial charge in [-0.1, -0.05) is 46.3 Å². The molecule has 126 valence electrons. The van der Waals surface area contributed by atoms with Crippen LogP contribution in [0.4, 0.5) is 5.69 Å². The summed E-state index contributed by atoms with van der Waals surface area (Å²) in [6, 6.07) is 18.1. The molecule has 2 aromatic rings. The Bertz CT molecular complexity index is 813. The van der Waals surface area contributed by atoms with E-state index < -0.39 is 18.5 Å². The van der Waals surface area contributed by atoms with Crippen LogP contribution in [0.15, 0.2) is 65.1 Å². The van der Waals surface area contributed by atoms with E-state index in [0.717, 1.165) is 10.0 Å². The van der Waals surface area contributed by atoms with Crippen LogP contribution >= 0.6 is 15.9 Å². The van der Waals surface area contributed by atoms with Crippen LogP contribution in [0.2, 0.25) is 0 Å². The molecule has 0 bridgehead atoms. The number of esters is 1. The van der Waals surface area contributed by atoms with Gasteiger partial charge in [0, 0.05) is 16.2 Å². The highest BCUT2D eigenvalue weighted by Gasteiger charge is 2.16. The summed E-state index contributed by atoms with van der Waals surface area (Å²) in [5.74, 6) is -1.09. The van der Waals surface area contributed by atoms with Crippen molar-refractivity contribution in [3.05, 3.63) is 70.7 Å². The molecular formula is C19H15BrN2O3. The number of carbonyl (C=O) groups is 2. The van der Waals surface area contributed by atoms with Gasteiger partial charge in [-0.3, -0.25) is 9.69 Å². The number of halogens is 1. The SMILES string of the molecule is N#CCN(C(=O)COC(=O)/C=C/c1cccc(Br)c1)c1ccccc1. The Balaban J connectivity index is 1.93. The molecule has 25 heavy (non-hydrogen) atoms. The normalized spacial score (nSPS) is 10.2. The molecule has 0 radical (unpaired) electrons. The largest absolute Gasteiger partial charge is 0.452 e. The Hall–Kier alpha value is -2.91. The minimum atomic E-state index is -0.627. The van der Waals surface area contributed by atoms with Crippen molar-refractivity contribution in [3.63, 3.8) is 0 Å². The first-order valence-electron chi connectivity index (χ1n) is 7.43. The minimum absolute atomic E-state index is 0.117. The smallest absolute Gasteiger partial charge is 0.331 e. The van der Waals surface area contributed by atoms with Gasteiger partial charge in [-0.25, -0.2) is 4.79 Å². The summed E-state index contributed by atoms with van der Waals surface area (Å²) in [7, 11) is 0. The molecule has 2 aromatic carbocycles. The van der Waals surface area contributed by atoms with Gasteiger partial charge in [0.15, 0.2) is 6.61 Å². The Morgan fingerprint density at radius 3 is 2.60 bits per heavy atom.